The van der Waals surface area contributed by atoms with Gasteiger partial charge in [-0.15, -0.1) is 0 Å². The van der Waals surface area contributed by atoms with E-state index in [1.54, 1.807) is 6.07 Å². The summed E-state index contributed by atoms with van der Waals surface area (Å²) in [6.07, 6.45) is 4.03. The van der Waals surface area contributed by atoms with E-state index in [1.807, 2.05) is 0 Å². The molecule has 0 amide bonds. The van der Waals surface area contributed by atoms with Gasteiger partial charge in [-0.05, 0) is 25.0 Å². The fraction of sp³-hybridized carbons (Fsp3) is 0.636. The van der Waals surface area contributed by atoms with Gasteiger partial charge in [0.25, 0.3) is 10.0 Å². The molecule has 0 unspecified atom stereocenters. The summed E-state index contributed by atoms with van der Waals surface area (Å²) >= 11 is 0. The van der Waals surface area contributed by atoms with Crippen molar-refractivity contribution in [1.29, 1.82) is 0 Å². The van der Waals surface area contributed by atoms with Crippen LogP contribution in [0.4, 0.5) is 0 Å². The highest BCUT2D eigenvalue weighted by molar-refractivity contribution is 7.89. The summed E-state index contributed by atoms with van der Waals surface area (Å²) in [4.78, 5) is 0. The number of rotatable bonds is 3. The smallest absolute Gasteiger partial charge is 0.276 e. The van der Waals surface area contributed by atoms with E-state index in [-0.39, 0.29) is 11.6 Å². The first kappa shape index (κ1) is 12.6. The average Bonchev–Trinajstić information content (AvgIpc) is 2.64. The van der Waals surface area contributed by atoms with E-state index >= 15 is 0 Å². The normalized spacial score (nSPS) is 19.1. The lowest BCUT2D eigenvalue weighted by Crippen LogP contribution is -2.31. The largest absolute Gasteiger partial charge is 0.447 e. The molecule has 0 aromatic carbocycles. The molecule has 0 radical (unpaired) electrons. The van der Waals surface area contributed by atoms with Crippen LogP contribution in [0.5, 0.6) is 0 Å². The van der Waals surface area contributed by atoms with E-state index in [4.69, 9.17) is 10.2 Å². The monoisotopic (exact) mass is 258 g/mol. The standard InChI is InChI=1S/C11H18N2O3S/c12-9-10-5-6-11(16-10)17(14,15)13-7-3-1-2-4-8-13/h5-6H,1-4,7-9,12H2. The van der Waals surface area contributed by atoms with Crippen molar-refractivity contribution in [3.05, 3.63) is 17.9 Å². The highest BCUT2D eigenvalue weighted by atomic mass is 32.2. The van der Waals surface area contributed by atoms with Gasteiger partial charge in [-0.1, -0.05) is 12.8 Å². The third-order valence-corrected chi connectivity index (χ3v) is 4.77. The minimum absolute atomic E-state index is 0.0138. The van der Waals surface area contributed by atoms with E-state index in [0.717, 1.165) is 25.7 Å². The lowest BCUT2D eigenvalue weighted by Gasteiger charge is -2.17. The Kier molecular flexibility index (Phi) is 3.86. The predicted molar refractivity (Wildman–Crippen MR) is 63.8 cm³/mol. The summed E-state index contributed by atoms with van der Waals surface area (Å²) in [5, 5.41) is 0.0138. The van der Waals surface area contributed by atoms with E-state index < -0.39 is 10.0 Å². The van der Waals surface area contributed by atoms with Gasteiger partial charge < -0.3 is 10.2 Å². The molecule has 1 aromatic rings. The van der Waals surface area contributed by atoms with E-state index in [0.29, 0.717) is 18.8 Å². The second-order valence-corrected chi connectivity index (χ2v) is 6.11. The number of hydrogen-bond donors (Lipinski definition) is 1. The molecule has 96 valence electrons. The SMILES string of the molecule is NCc1ccc(S(=O)(=O)N2CCCCCC2)o1. The van der Waals surface area contributed by atoms with Crippen LogP contribution in [0.25, 0.3) is 0 Å². The molecule has 0 saturated carbocycles. The van der Waals surface area contributed by atoms with Crippen molar-refractivity contribution in [1.82, 2.24) is 4.31 Å². The molecule has 0 atom stereocenters. The predicted octanol–water partition coefficient (Wildman–Crippen LogP) is 1.30. The lowest BCUT2D eigenvalue weighted by molar-refractivity contribution is 0.373. The van der Waals surface area contributed by atoms with Crippen molar-refractivity contribution in [2.75, 3.05) is 13.1 Å². The van der Waals surface area contributed by atoms with Crippen LogP contribution in [0.1, 0.15) is 31.4 Å². The van der Waals surface area contributed by atoms with Gasteiger partial charge in [0, 0.05) is 13.1 Å². The summed E-state index contributed by atoms with van der Waals surface area (Å²) in [5.41, 5.74) is 5.41. The summed E-state index contributed by atoms with van der Waals surface area (Å²) in [6.45, 7) is 1.39. The molecule has 0 spiro atoms. The van der Waals surface area contributed by atoms with Crippen LogP contribution in [0.2, 0.25) is 0 Å². The first-order valence-corrected chi connectivity index (χ1v) is 7.37. The fourth-order valence-corrected chi connectivity index (χ4v) is 3.46. The van der Waals surface area contributed by atoms with Crippen molar-refractivity contribution in [2.45, 2.75) is 37.3 Å². The van der Waals surface area contributed by atoms with Crippen LogP contribution >= 0.6 is 0 Å². The van der Waals surface area contributed by atoms with Crippen LogP contribution in [0.15, 0.2) is 21.6 Å². The van der Waals surface area contributed by atoms with Crippen molar-refractivity contribution < 1.29 is 12.8 Å². The Morgan fingerprint density at radius 2 is 1.82 bits per heavy atom. The third-order valence-electron chi connectivity index (χ3n) is 3.00. The summed E-state index contributed by atoms with van der Waals surface area (Å²) in [7, 11) is -3.46. The molecule has 0 aliphatic carbocycles. The number of hydrogen-bond acceptors (Lipinski definition) is 4. The van der Waals surface area contributed by atoms with Crippen LogP contribution in [0.3, 0.4) is 0 Å². The Balaban J connectivity index is 2.22. The zero-order valence-electron chi connectivity index (χ0n) is 9.76. The maximum atomic E-state index is 12.3. The molecule has 2 N–H and O–H groups in total. The number of nitrogens with two attached hydrogens (primary N) is 1. The van der Waals surface area contributed by atoms with Gasteiger partial charge in [-0.3, -0.25) is 0 Å². The molecular formula is C11H18N2O3S. The lowest BCUT2D eigenvalue weighted by atomic mass is 10.2. The Hall–Kier alpha value is -0.850. The minimum atomic E-state index is -3.46. The quantitative estimate of drug-likeness (QED) is 0.886. The van der Waals surface area contributed by atoms with Gasteiger partial charge in [-0.2, -0.15) is 4.31 Å². The van der Waals surface area contributed by atoms with Gasteiger partial charge in [-0.25, -0.2) is 8.42 Å². The Morgan fingerprint density at radius 1 is 1.18 bits per heavy atom. The highest BCUT2D eigenvalue weighted by Crippen LogP contribution is 2.21. The average molecular weight is 258 g/mol. The molecule has 1 aliphatic rings. The summed E-state index contributed by atoms with van der Waals surface area (Å²) in [5.74, 6) is 0.499. The fourth-order valence-electron chi connectivity index (χ4n) is 2.02. The van der Waals surface area contributed by atoms with Gasteiger partial charge in [0.15, 0.2) is 0 Å². The zero-order chi connectivity index (χ0) is 12.3. The van der Waals surface area contributed by atoms with Crippen molar-refractivity contribution in [2.24, 2.45) is 5.73 Å². The summed E-state index contributed by atoms with van der Waals surface area (Å²) < 4.78 is 31.3. The first-order valence-electron chi connectivity index (χ1n) is 5.93. The second-order valence-electron chi connectivity index (χ2n) is 4.24. The molecule has 5 nitrogen and oxygen atoms in total. The molecular weight excluding hydrogens is 240 g/mol. The summed E-state index contributed by atoms with van der Waals surface area (Å²) in [6, 6.07) is 3.10. The van der Waals surface area contributed by atoms with Crippen LogP contribution in [-0.4, -0.2) is 25.8 Å². The van der Waals surface area contributed by atoms with Crippen molar-refractivity contribution >= 4 is 10.0 Å². The van der Waals surface area contributed by atoms with E-state index in [9.17, 15) is 8.42 Å². The molecule has 1 fully saturated rings. The zero-order valence-corrected chi connectivity index (χ0v) is 10.6. The van der Waals surface area contributed by atoms with Crippen molar-refractivity contribution in [3.8, 4) is 0 Å². The number of sulfonamides is 1. The van der Waals surface area contributed by atoms with Gasteiger partial charge in [0.2, 0.25) is 5.09 Å². The highest BCUT2D eigenvalue weighted by Gasteiger charge is 2.27. The van der Waals surface area contributed by atoms with Crippen LogP contribution in [0, 0.1) is 0 Å². The second kappa shape index (κ2) is 5.20. The first-order chi connectivity index (χ1) is 8.14. The number of nitrogens with zero attached hydrogens (tertiary/aromatic N) is 1. The molecule has 17 heavy (non-hydrogen) atoms. The molecule has 0 bridgehead atoms. The molecule has 6 heteroatoms. The molecule has 2 heterocycles. The maximum Gasteiger partial charge on any atom is 0.276 e. The van der Waals surface area contributed by atoms with E-state index in [2.05, 4.69) is 0 Å². The molecule has 2 rings (SSSR count). The van der Waals surface area contributed by atoms with Crippen molar-refractivity contribution in [3.63, 3.8) is 0 Å². The molecule has 1 aromatic heterocycles. The minimum Gasteiger partial charge on any atom is -0.447 e. The Labute approximate surface area is 102 Å². The van der Waals surface area contributed by atoms with Crippen LogP contribution < -0.4 is 5.73 Å². The van der Waals surface area contributed by atoms with Crippen LogP contribution in [-0.2, 0) is 16.6 Å². The van der Waals surface area contributed by atoms with Gasteiger partial charge in [0.05, 0.1) is 6.54 Å². The Morgan fingerprint density at radius 3 is 2.35 bits per heavy atom. The topological polar surface area (TPSA) is 76.5 Å². The Bertz CT molecular complexity index is 459. The van der Waals surface area contributed by atoms with Gasteiger partial charge >= 0.3 is 0 Å². The van der Waals surface area contributed by atoms with Gasteiger partial charge in [0.1, 0.15) is 5.76 Å². The number of furan rings is 1. The van der Waals surface area contributed by atoms with E-state index in [1.165, 1.54) is 10.4 Å². The molecule has 1 aliphatic heterocycles. The third kappa shape index (κ3) is 2.70. The molecule has 1 saturated heterocycles. The maximum absolute atomic E-state index is 12.3.